The Kier molecular flexibility index (Phi) is 9.15. The summed E-state index contributed by atoms with van der Waals surface area (Å²) in [5.74, 6) is 0. The molecular formula is C9H19N5. The first-order chi connectivity index (χ1) is 6.39. The zero-order valence-corrected chi connectivity index (χ0v) is 9.65. The van der Waals surface area contributed by atoms with E-state index in [1.54, 1.807) is 0 Å². The van der Waals surface area contributed by atoms with Crippen molar-refractivity contribution in [2.45, 2.75) is 6.92 Å². The van der Waals surface area contributed by atoms with Gasteiger partial charge in [-0.3, -0.25) is 4.90 Å². The van der Waals surface area contributed by atoms with Gasteiger partial charge in [-0.25, -0.2) is 0 Å². The molecule has 0 aromatic heterocycles. The molecule has 0 aromatic carbocycles. The second kappa shape index (κ2) is 8.39. The summed E-state index contributed by atoms with van der Waals surface area (Å²) >= 11 is 0. The first-order valence-corrected chi connectivity index (χ1v) is 4.34. The Morgan fingerprint density at radius 1 is 1.43 bits per heavy atom. The van der Waals surface area contributed by atoms with Crippen LogP contribution in [0.5, 0.6) is 0 Å². The monoisotopic (exact) mass is 197 g/mol. The van der Waals surface area contributed by atoms with Gasteiger partial charge in [0.15, 0.2) is 0 Å². The third kappa shape index (κ3) is 13.4. The topological polar surface area (TPSA) is 61.7 Å². The molecule has 0 bridgehead atoms. The fourth-order valence-corrected chi connectivity index (χ4v) is 0.888. The molecule has 0 aliphatic heterocycles. The molecule has 0 heterocycles. The molecule has 0 radical (unpaired) electrons. The maximum atomic E-state index is 7.43. The van der Waals surface area contributed by atoms with Crippen LogP contribution in [-0.2, 0) is 0 Å². The second-order valence-electron chi connectivity index (χ2n) is 3.78. The minimum Gasteiger partial charge on any atom is -0.422 e. The van der Waals surface area contributed by atoms with Crippen molar-refractivity contribution in [1.82, 2.24) is 4.90 Å². The van der Waals surface area contributed by atoms with Crippen molar-refractivity contribution in [3.63, 3.8) is 0 Å². The highest BCUT2D eigenvalue weighted by Gasteiger charge is 2.11. The summed E-state index contributed by atoms with van der Waals surface area (Å²) in [5, 5.41) is 14.9. The number of nitriles is 1. The molecule has 0 amide bonds. The lowest BCUT2D eigenvalue weighted by Gasteiger charge is -2.30. The Balaban J connectivity index is 0. The van der Waals surface area contributed by atoms with Gasteiger partial charge in [0.1, 0.15) is 6.67 Å². The molecule has 5 heteroatoms. The average Bonchev–Trinajstić information content (AvgIpc) is 2.05. The molecule has 0 aromatic rings. The molecule has 0 saturated carbocycles. The van der Waals surface area contributed by atoms with Gasteiger partial charge in [0.25, 0.3) is 0 Å². The van der Waals surface area contributed by atoms with Crippen molar-refractivity contribution in [2.75, 3.05) is 41.4 Å². The van der Waals surface area contributed by atoms with Gasteiger partial charge in [-0.2, -0.15) is 5.26 Å². The highest BCUT2D eigenvalue weighted by molar-refractivity contribution is 5.46. The van der Waals surface area contributed by atoms with Crippen molar-refractivity contribution in [2.24, 2.45) is 4.99 Å². The average molecular weight is 197 g/mol. The summed E-state index contributed by atoms with van der Waals surface area (Å²) in [6.45, 7) is 4.53. The van der Waals surface area contributed by atoms with Crippen LogP contribution in [0.25, 0.3) is 5.41 Å². The Morgan fingerprint density at radius 3 is 2.00 bits per heavy atom. The van der Waals surface area contributed by atoms with Crippen molar-refractivity contribution in [3.05, 3.63) is 5.41 Å². The highest BCUT2D eigenvalue weighted by atomic mass is 15.4. The summed E-state index contributed by atoms with van der Waals surface area (Å²) in [6.07, 6.45) is 1.28. The number of hydrogen-bond acceptors (Lipinski definition) is 3. The molecule has 0 atom stereocenters. The van der Waals surface area contributed by atoms with E-state index < -0.39 is 0 Å². The molecule has 80 valence electrons. The molecule has 5 nitrogen and oxygen atoms in total. The van der Waals surface area contributed by atoms with Crippen LogP contribution < -0.4 is 0 Å². The zero-order valence-electron chi connectivity index (χ0n) is 9.65. The maximum absolute atomic E-state index is 7.43. The lowest BCUT2D eigenvalue weighted by atomic mass is 10.5. The third-order valence-electron chi connectivity index (χ3n) is 1.62. The molecule has 0 N–H and O–H groups in total. The second-order valence-corrected chi connectivity index (χ2v) is 3.78. The van der Waals surface area contributed by atoms with Crippen molar-refractivity contribution >= 4 is 6.01 Å². The molecule has 0 spiro atoms. The number of rotatable bonds is 3. The van der Waals surface area contributed by atoms with Gasteiger partial charge < -0.3 is 14.9 Å². The van der Waals surface area contributed by atoms with Gasteiger partial charge in [-0.15, -0.1) is 6.01 Å². The van der Waals surface area contributed by atoms with E-state index in [4.69, 9.17) is 10.7 Å². The van der Waals surface area contributed by atoms with Gasteiger partial charge in [-0.05, 0) is 21.0 Å². The van der Waals surface area contributed by atoms with Crippen LogP contribution in [0.15, 0.2) is 4.99 Å². The maximum Gasteiger partial charge on any atom is 0.134 e. The van der Waals surface area contributed by atoms with Crippen LogP contribution in [0.3, 0.4) is 0 Å². The highest BCUT2D eigenvalue weighted by Crippen LogP contribution is 1.95. The van der Waals surface area contributed by atoms with Crippen molar-refractivity contribution < 1.29 is 4.48 Å². The number of quaternary nitrogens is 1. The first kappa shape index (κ1) is 15.3. The predicted molar refractivity (Wildman–Crippen MR) is 57.6 cm³/mol. The Bertz CT molecular complexity index is 220. The SMILES string of the molecule is CC[N+](C)(C)CN(C)C.N#CN=C=[N-]. The van der Waals surface area contributed by atoms with Crippen LogP contribution in [0, 0.1) is 11.5 Å². The summed E-state index contributed by atoms with van der Waals surface area (Å²) in [7, 11) is 8.69. The fraction of sp³-hybridized carbons (Fsp3) is 0.778. The van der Waals surface area contributed by atoms with Gasteiger partial charge in [0.2, 0.25) is 0 Å². The van der Waals surface area contributed by atoms with Crippen LogP contribution in [0.2, 0.25) is 0 Å². The standard InChI is InChI=1S/C7H19N2.C2N3/c1-6-9(4,5)7-8(2)3;3-1-5-2-4/h6-7H2,1-5H3;/q+1;-1. The van der Waals surface area contributed by atoms with Crippen LogP contribution in [0.1, 0.15) is 6.92 Å². The van der Waals surface area contributed by atoms with Crippen molar-refractivity contribution in [3.8, 4) is 6.19 Å². The first-order valence-electron chi connectivity index (χ1n) is 4.34. The molecular weight excluding hydrogens is 178 g/mol. The molecule has 0 unspecified atom stereocenters. The van der Waals surface area contributed by atoms with E-state index in [1.807, 2.05) is 0 Å². The summed E-state index contributed by atoms with van der Waals surface area (Å²) in [4.78, 5) is 4.80. The van der Waals surface area contributed by atoms with Gasteiger partial charge >= 0.3 is 0 Å². The third-order valence-corrected chi connectivity index (χ3v) is 1.62. The summed E-state index contributed by atoms with van der Waals surface area (Å²) in [5.41, 5.74) is 0. The summed E-state index contributed by atoms with van der Waals surface area (Å²) < 4.78 is 1.08. The Morgan fingerprint density at radius 2 is 1.93 bits per heavy atom. The number of hydrogen-bond donors (Lipinski definition) is 0. The number of nitrogens with zero attached hydrogens (tertiary/aromatic N) is 5. The van der Waals surface area contributed by atoms with Gasteiger partial charge in [0.05, 0.1) is 26.8 Å². The fourth-order valence-electron chi connectivity index (χ4n) is 0.888. The number of aliphatic imine (C=N–C) groups is 1. The molecule has 0 aliphatic carbocycles. The van der Waals surface area contributed by atoms with Crippen LogP contribution in [-0.4, -0.2) is 56.8 Å². The Labute approximate surface area is 86.4 Å². The van der Waals surface area contributed by atoms with Crippen molar-refractivity contribution in [1.29, 1.82) is 5.26 Å². The molecule has 0 rings (SSSR count). The minimum absolute atomic E-state index is 1.08. The normalized spacial score (nSPS) is 9.50. The lowest BCUT2D eigenvalue weighted by molar-refractivity contribution is -0.897. The zero-order chi connectivity index (χ0) is 11.6. The lowest BCUT2D eigenvalue weighted by Crippen LogP contribution is -2.45. The largest absolute Gasteiger partial charge is 0.422 e. The van der Waals surface area contributed by atoms with Gasteiger partial charge in [-0.1, -0.05) is 0 Å². The van der Waals surface area contributed by atoms with E-state index >= 15 is 0 Å². The quantitative estimate of drug-likeness (QED) is 0.291. The van der Waals surface area contributed by atoms with E-state index in [-0.39, 0.29) is 0 Å². The van der Waals surface area contributed by atoms with E-state index in [0.717, 1.165) is 11.2 Å². The predicted octanol–water partition coefficient (Wildman–Crippen LogP) is 0.813. The molecule has 14 heavy (non-hydrogen) atoms. The van der Waals surface area contributed by atoms with E-state index in [1.165, 1.54) is 18.7 Å². The van der Waals surface area contributed by atoms with E-state index in [0.29, 0.717) is 0 Å². The van der Waals surface area contributed by atoms with Crippen LogP contribution in [0.4, 0.5) is 0 Å². The smallest absolute Gasteiger partial charge is 0.134 e. The molecule has 0 saturated heterocycles. The van der Waals surface area contributed by atoms with E-state index in [2.05, 4.69) is 45.0 Å². The summed E-state index contributed by atoms with van der Waals surface area (Å²) in [6, 6.07) is 1.28. The van der Waals surface area contributed by atoms with Gasteiger partial charge in [0, 0.05) is 0 Å². The minimum atomic E-state index is 1.08. The Hall–Kier alpha value is -1.21. The van der Waals surface area contributed by atoms with E-state index in [9.17, 15) is 0 Å². The molecule has 0 aliphatic rings. The molecule has 0 fully saturated rings. The van der Waals surface area contributed by atoms with Crippen LogP contribution >= 0.6 is 0 Å².